The van der Waals surface area contributed by atoms with Crippen LogP contribution >= 0.6 is 15.9 Å². The maximum absolute atomic E-state index is 12.1. The van der Waals surface area contributed by atoms with E-state index in [1.165, 1.54) is 18.2 Å². The fourth-order valence-corrected chi connectivity index (χ4v) is 3.90. The molecule has 0 radical (unpaired) electrons. The Morgan fingerprint density at radius 1 is 1.45 bits per heavy atom. The van der Waals surface area contributed by atoms with Crippen LogP contribution in [0.4, 0.5) is 0 Å². The number of rotatable bonds is 6. The average Bonchev–Trinajstić information content (AvgIpc) is 3.19. The molecule has 0 saturated heterocycles. The average molecular weight is 364 g/mol. The molecule has 1 saturated carbocycles. The fraction of sp³-hybridized carbons (Fsp3) is 0.417. The lowest BCUT2D eigenvalue weighted by Crippen LogP contribution is -2.33. The van der Waals surface area contributed by atoms with E-state index in [4.69, 9.17) is 5.11 Å². The van der Waals surface area contributed by atoms with Crippen molar-refractivity contribution in [3.8, 4) is 0 Å². The zero-order valence-corrected chi connectivity index (χ0v) is 12.8. The zero-order valence-electron chi connectivity index (χ0n) is 10.4. The van der Waals surface area contributed by atoms with Gasteiger partial charge in [-0.05, 0) is 52.9 Å². The smallest absolute Gasteiger partial charge is 0.335 e. The summed E-state index contributed by atoms with van der Waals surface area (Å²) < 4.78 is 26.7. The normalized spacial score (nSPS) is 16.9. The zero-order chi connectivity index (χ0) is 14.9. The molecule has 0 aliphatic heterocycles. The summed E-state index contributed by atoms with van der Waals surface area (Å²) in [5.41, 5.74) is -0.00570. The lowest BCUT2D eigenvalue weighted by atomic mass is 10.2. The van der Waals surface area contributed by atoms with Gasteiger partial charge in [0.2, 0.25) is 10.0 Å². The molecule has 1 unspecified atom stereocenters. The topological polar surface area (TPSA) is 104 Å². The summed E-state index contributed by atoms with van der Waals surface area (Å²) in [6.07, 6.45) is 1.15. The first kappa shape index (κ1) is 15.4. The van der Waals surface area contributed by atoms with Gasteiger partial charge in [-0.25, -0.2) is 17.9 Å². The molecule has 3 N–H and O–H groups in total. The minimum absolute atomic E-state index is 0.00570. The number of aliphatic hydroxyl groups excluding tert-OH is 1. The number of nitrogens with one attached hydrogen (secondary N) is 1. The SMILES string of the molecule is O=C(O)c1ccc(S(=O)(=O)NCC(O)C2CC2)c(Br)c1. The first-order valence-electron chi connectivity index (χ1n) is 6.02. The number of carboxylic acids is 1. The predicted octanol–water partition coefficient (Wildman–Crippen LogP) is 1.20. The standard InChI is InChI=1S/C12H14BrNO5S/c13-9-5-8(12(16)17)3-4-11(9)20(18,19)14-6-10(15)7-1-2-7/h3-5,7,10,14-15H,1-2,6H2,(H,16,17). The van der Waals surface area contributed by atoms with Crippen molar-refractivity contribution >= 4 is 31.9 Å². The Labute approximate surface area is 125 Å². The van der Waals surface area contributed by atoms with Crippen LogP contribution in [-0.2, 0) is 10.0 Å². The minimum Gasteiger partial charge on any atom is -0.478 e. The Morgan fingerprint density at radius 2 is 2.10 bits per heavy atom. The van der Waals surface area contributed by atoms with Gasteiger partial charge in [-0.3, -0.25) is 0 Å². The van der Waals surface area contributed by atoms with E-state index in [9.17, 15) is 18.3 Å². The highest BCUT2D eigenvalue weighted by molar-refractivity contribution is 9.10. The van der Waals surface area contributed by atoms with Crippen LogP contribution in [-0.4, -0.2) is 37.2 Å². The first-order chi connectivity index (χ1) is 9.31. The molecule has 0 heterocycles. The van der Waals surface area contributed by atoms with Gasteiger partial charge in [0.05, 0.1) is 16.6 Å². The van der Waals surface area contributed by atoms with E-state index in [1.54, 1.807) is 0 Å². The van der Waals surface area contributed by atoms with Crippen molar-refractivity contribution in [2.75, 3.05) is 6.54 Å². The number of hydrogen-bond acceptors (Lipinski definition) is 4. The van der Waals surface area contributed by atoms with Crippen molar-refractivity contribution in [3.63, 3.8) is 0 Å². The van der Waals surface area contributed by atoms with Crippen LogP contribution in [0.15, 0.2) is 27.6 Å². The third-order valence-electron chi connectivity index (χ3n) is 3.12. The van der Waals surface area contributed by atoms with Gasteiger partial charge in [0.25, 0.3) is 0 Å². The Kier molecular flexibility index (Phi) is 4.48. The highest BCUT2D eigenvalue weighted by atomic mass is 79.9. The molecule has 1 fully saturated rings. The van der Waals surface area contributed by atoms with Crippen molar-refractivity contribution in [2.24, 2.45) is 5.92 Å². The van der Waals surface area contributed by atoms with Crippen LogP contribution in [0, 0.1) is 5.92 Å². The molecule has 1 atom stereocenters. The Morgan fingerprint density at radius 3 is 2.60 bits per heavy atom. The number of carboxylic acid groups (broad SMARTS) is 1. The third-order valence-corrected chi connectivity index (χ3v) is 5.52. The van der Waals surface area contributed by atoms with Gasteiger partial charge < -0.3 is 10.2 Å². The van der Waals surface area contributed by atoms with Crippen molar-refractivity contribution in [1.29, 1.82) is 0 Å². The van der Waals surface area contributed by atoms with Crippen LogP contribution in [0.5, 0.6) is 0 Å². The van der Waals surface area contributed by atoms with E-state index in [0.29, 0.717) is 0 Å². The Bertz CT molecular complexity index is 627. The highest BCUT2D eigenvalue weighted by Gasteiger charge is 2.30. The summed E-state index contributed by atoms with van der Waals surface area (Å²) in [6, 6.07) is 3.67. The maximum Gasteiger partial charge on any atom is 0.335 e. The number of benzene rings is 1. The molecule has 1 aromatic rings. The number of hydrogen-bond donors (Lipinski definition) is 3. The number of aromatic carboxylic acids is 1. The van der Waals surface area contributed by atoms with Crippen LogP contribution in [0.3, 0.4) is 0 Å². The predicted molar refractivity (Wildman–Crippen MR) is 75.0 cm³/mol. The molecular weight excluding hydrogens is 350 g/mol. The maximum atomic E-state index is 12.1. The van der Waals surface area contributed by atoms with Crippen LogP contribution in [0.2, 0.25) is 0 Å². The monoisotopic (exact) mass is 363 g/mol. The van der Waals surface area contributed by atoms with Gasteiger partial charge in [0, 0.05) is 11.0 Å². The molecule has 0 amide bonds. The fourth-order valence-electron chi connectivity index (χ4n) is 1.77. The summed E-state index contributed by atoms with van der Waals surface area (Å²) >= 11 is 3.05. The van der Waals surface area contributed by atoms with Gasteiger partial charge in [0.15, 0.2) is 0 Å². The van der Waals surface area contributed by atoms with E-state index in [-0.39, 0.29) is 27.4 Å². The second kappa shape index (κ2) is 5.80. The second-order valence-electron chi connectivity index (χ2n) is 4.71. The van der Waals surface area contributed by atoms with E-state index >= 15 is 0 Å². The molecular formula is C12H14BrNO5S. The second-order valence-corrected chi connectivity index (χ2v) is 7.30. The van der Waals surface area contributed by atoms with Crippen LogP contribution in [0.1, 0.15) is 23.2 Å². The number of carbonyl (C=O) groups is 1. The van der Waals surface area contributed by atoms with Crippen molar-refractivity contribution in [2.45, 2.75) is 23.8 Å². The summed E-state index contributed by atoms with van der Waals surface area (Å²) in [5.74, 6) is -0.956. The highest BCUT2D eigenvalue weighted by Crippen LogP contribution is 2.32. The summed E-state index contributed by atoms with van der Waals surface area (Å²) in [6.45, 7) is -0.0415. The number of sulfonamides is 1. The summed E-state index contributed by atoms with van der Waals surface area (Å²) in [5, 5.41) is 18.5. The quantitative estimate of drug-likeness (QED) is 0.704. The summed E-state index contributed by atoms with van der Waals surface area (Å²) in [7, 11) is -3.78. The van der Waals surface area contributed by atoms with Gasteiger partial charge in [0.1, 0.15) is 0 Å². The lowest BCUT2D eigenvalue weighted by molar-refractivity contribution is 0.0696. The summed E-state index contributed by atoms with van der Waals surface area (Å²) in [4.78, 5) is 10.7. The van der Waals surface area contributed by atoms with Gasteiger partial charge in [-0.1, -0.05) is 0 Å². The van der Waals surface area contributed by atoms with E-state index in [0.717, 1.165) is 12.8 Å². The van der Waals surface area contributed by atoms with Gasteiger partial charge in [-0.15, -0.1) is 0 Å². The first-order valence-corrected chi connectivity index (χ1v) is 8.29. The third kappa shape index (κ3) is 3.57. The molecule has 0 aromatic heterocycles. The molecule has 6 nitrogen and oxygen atoms in total. The van der Waals surface area contributed by atoms with Crippen LogP contribution in [0.25, 0.3) is 0 Å². The van der Waals surface area contributed by atoms with Crippen LogP contribution < -0.4 is 4.72 Å². The number of halogens is 1. The molecule has 2 rings (SSSR count). The molecule has 20 heavy (non-hydrogen) atoms. The molecule has 0 spiro atoms. The lowest BCUT2D eigenvalue weighted by Gasteiger charge is -2.12. The molecule has 1 aliphatic carbocycles. The van der Waals surface area contributed by atoms with E-state index in [1.807, 2.05) is 0 Å². The van der Waals surface area contributed by atoms with Crippen molar-refractivity contribution < 1.29 is 23.4 Å². The molecule has 1 aliphatic rings. The largest absolute Gasteiger partial charge is 0.478 e. The van der Waals surface area contributed by atoms with E-state index in [2.05, 4.69) is 20.7 Å². The number of aliphatic hydroxyl groups is 1. The molecule has 1 aromatic carbocycles. The molecule has 8 heteroatoms. The van der Waals surface area contributed by atoms with Crippen molar-refractivity contribution in [3.05, 3.63) is 28.2 Å². The Hall–Kier alpha value is -0.960. The van der Waals surface area contributed by atoms with Gasteiger partial charge in [-0.2, -0.15) is 0 Å². The van der Waals surface area contributed by atoms with E-state index < -0.39 is 22.1 Å². The van der Waals surface area contributed by atoms with Crippen molar-refractivity contribution in [1.82, 2.24) is 4.72 Å². The molecule has 0 bridgehead atoms. The minimum atomic E-state index is -3.78. The van der Waals surface area contributed by atoms with Gasteiger partial charge >= 0.3 is 5.97 Å². The Balaban J connectivity index is 2.14. The molecule has 110 valence electrons.